The quantitative estimate of drug-likeness (QED) is 0.928. The average molecular weight is 288 g/mol. The number of H-pyrrole nitrogens is 1. The Balaban J connectivity index is 2.20. The van der Waals surface area contributed by atoms with E-state index in [0.717, 1.165) is 31.0 Å². The molecule has 18 heavy (non-hydrogen) atoms. The van der Waals surface area contributed by atoms with Crippen LogP contribution in [0.5, 0.6) is 0 Å². The van der Waals surface area contributed by atoms with Gasteiger partial charge in [-0.15, -0.1) is 0 Å². The number of anilines is 1. The van der Waals surface area contributed by atoms with Gasteiger partial charge in [0.15, 0.2) is 0 Å². The largest absolute Gasteiger partial charge is 0.368 e. The van der Waals surface area contributed by atoms with Gasteiger partial charge in [-0.05, 0) is 18.6 Å². The van der Waals surface area contributed by atoms with Crippen LogP contribution in [-0.4, -0.2) is 34.3 Å². The Kier molecular flexibility index (Phi) is 4.95. The minimum Gasteiger partial charge on any atom is -0.368 e. The summed E-state index contributed by atoms with van der Waals surface area (Å²) in [5.74, 6) is 1.12. The monoisotopic (exact) mass is 287 g/mol. The van der Waals surface area contributed by atoms with Gasteiger partial charge in [0.05, 0.1) is 11.9 Å². The fourth-order valence-corrected chi connectivity index (χ4v) is 3.59. The summed E-state index contributed by atoms with van der Waals surface area (Å²) in [5, 5.41) is 7.09. The normalized spacial score (nSPS) is 20.8. The van der Waals surface area contributed by atoms with Crippen molar-refractivity contribution in [3.63, 3.8) is 0 Å². The smallest absolute Gasteiger partial charge is 0.285 e. The van der Waals surface area contributed by atoms with E-state index in [0.29, 0.717) is 5.25 Å². The molecule has 0 aromatic carbocycles. The van der Waals surface area contributed by atoms with Gasteiger partial charge in [-0.25, -0.2) is 5.10 Å². The second kappa shape index (κ2) is 6.48. The molecule has 0 aliphatic carbocycles. The fraction of sp³-hybridized carbons (Fsp3) is 0.667. The number of nitrogens with one attached hydrogen (secondary N) is 1. The molecular weight excluding hydrogens is 270 g/mol. The molecule has 6 heteroatoms. The molecule has 0 bridgehead atoms. The first-order valence-electron chi connectivity index (χ1n) is 6.32. The first-order chi connectivity index (χ1) is 8.72. The summed E-state index contributed by atoms with van der Waals surface area (Å²) >= 11 is 8.06. The zero-order valence-electron chi connectivity index (χ0n) is 10.5. The molecule has 0 spiro atoms. The molecule has 1 aliphatic rings. The summed E-state index contributed by atoms with van der Waals surface area (Å²) in [7, 11) is 0. The van der Waals surface area contributed by atoms with Crippen molar-refractivity contribution in [1.29, 1.82) is 0 Å². The molecule has 0 radical (unpaired) electrons. The molecule has 1 N–H and O–H groups in total. The van der Waals surface area contributed by atoms with Crippen LogP contribution in [0.1, 0.15) is 26.2 Å². The van der Waals surface area contributed by atoms with Crippen LogP contribution in [0, 0.1) is 0 Å². The van der Waals surface area contributed by atoms with Crippen molar-refractivity contribution in [2.75, 3.05) is 23.7 Å². The van der Waals surface area contributed by atoms with Gasteiger partial charge in [-0.1, -0.05) is 24.9 Å². The topological polar surface area (TPSA) is 49.0 Å². The molecule has 1 atom stereocenters. The van der Waals surface area contributed by atoms with Crippen molar-refractivity contribution in [2.24, 2.45) is 0 Å². The van der Waals surface area contributed by atoms with Gasteiger partial charge in [0, 0.05) is 18.3 Å². The van der Waals surface area contributed by atoms with E-state index in [2.05, 4.69) is 22.0 Å². The lowest BCUT2D eigenvalue weighted by Crippen LogP contribution is -2.31. The number of halogens is 1. The molecule has 1 unspecified atom stereocenters. The van der Waals surface area contributed by atoms with Crippen LogP contribution in [0.3, 0.4) is 0 Å². The predicted octanol–water partition coefficient (Wildman–Crippen LogP) is 2.54. The molecule has 1 saturated heterocycles. The third kappa shape index (κ3) is 3.20. The number of hydrogen-bond donors (Lipinski definition) is 1. The van der Waals surface area contributed by atoms with Crippen molar-refractivity contribution >= 4 is 29.1 Å². The van der Waals surface area contributed by atoms with Crippen LogP contribution in [0.15, 0.2) is 11.0 Å². The molecule has 0 saturated carbocycles. The zero-order valence-corrected chi connectivity index (χ0v) is 12.1. The standard InChI is InChI=1S/C12H18ClN3OS/c1-2-18-9-5-3-4-6-16(8-9)10-7-14-15-12(17)11(10)13/h7,9H,2-6,8H2,1H3,(H,15,17). The molecule has 1 aliphatic heterocycles. The van der Waals surface area contributed by atoms with E-state index in [4.69, 9.17) is 11.6 Å². The molecule has 1 fully saturated rings. The summed E-state index contributed by atoms with van der Waals surface area (Å²) in [4.78, 5) is 13.7. The Morgan fingerprint density at radius 2 is 2.44 bits per heavy atom. The highest BCUT2D eigenvalue weighted by molar-refractivity contribution is 7.99. The number of aromatic amines is 1. The Morgan fingerprint density at radius 1 is 1.61 bits per heavy atom. The Morgan fingerprint density at radius 3 is 3.22 bits per heavy atom. The second-order valence-corrected chi connectivity index (χ2v) is 6.37. The molecule has 2 rings (SSSR count). The van der Waals surface area contributed by atoms with Crippen molar-refractivity contribution in [3.8, 4) is 0 Å². The first-order valence-corrected chi connectivity index (χ1v) is 7.74. The molecule has 4 nitrogen and oxygen atoms in total. The zero-order chi connectivity index (χ0) is 13.0. The van der Waals surface area contributed by atoms with Gasteiger partial charge in [0.25, 0.3) is 5.56 Å². The van der Waals surface area contributed by atoms with Crippen molar-refractivity contribution < 1.29 is 0 Å². The van der Waals surface area contributed by atoms with E-state index in [1.165, 1.54) is 12.8 Å². The summed E-state index contributed by atoms with van der Waals surface area (Å²) in [6.07, 6.45) is 5.28. The van der Waals surface area contributed by atoms with Crippen molar-refractivity contribution in [1.82, 2.24) is 10.2 Å². The van der Waals surface area contributed by atoms with E-state index in [9.17, 15) is 4.79 Å². The maximum absolute atomic E-state index is 11.5. The first kappa shape index (κ1) is 13.7. The SMILES string of the molecule is CCSC1CCCCN(c2cn[nH]c(=O)c2Cl)C1. The molecule has 100 valence electrons. The Bertz CT molecular complexity index is 451. The highest BCUT2D eigenvalue weighted by Gasteiger charge is 2.21. The maximum Gasteiger partial charge on any atom is 0.285 e. The predicted molar refractivity (Wildman–Crippen MR) is 77.9 cm³/mol. The minimum atomic E-state index is -0.307. The van der Waals surface area contributed by atoms with Gasteiger partial charge >= 0.3 is 0 Å². The minimum absolute atomic E-state index is 0.257. The van der Waals surface area contributed by atoms with Crippen LogP contribution in [0.4, 0.5) is 5.69 Å². The van der Waals surface area contributed by atoms with Gasteiger partial charge in [-0.3, -0.25) is 4.79 Å². The number of nitrogens with zero attached hydrogens (tertiary/aromatic N) is 2. The average Bonchev–Trinajstić information content (AvgIpc) is 2.59. The number of thioether (sulfide) groups is 1. The molecule has 1 aromatic rings. The highest BCUT2D eigenvalue weighted by Crippen LogP contribution is 2.28. The lowest BCUT2D eigenvalue weighted by molar-refractivity contribution is 0.736. The van der Waals surface area contributed by atoms with Crippen molar-refractivity contribution in [2.45, 2.75) is 31.4 Å². The lowest BCUT2D eigenvalue weighted by atomic mass is 10.2. The fourth-order valence-electron chi connectivity index (χ4n) is 2.29. The molecule has 0 amide bonds. The maximum atomic E-state index is 11.5. The van der Waals surface area contributed by atoms with Gasteiger partial charge < -0.3 is 4.90 Å². The molecule has 1 aromatic heterocycles. The Hall–Kier alpha value is -0.680. The van der Waals surface area contributed by atoms with Gasteiger partial charge in [0.2, 0.25) is 0 Å². The lowest BCUT2D eigenvalue weighted by Gasteiger charge is -2.26. The summed E-state index contributed by atoms with van der Waals surface area (Å²) in [6.45, 7) is 4.08. The van der Waals surface area contributed by atoms with E-state index >= 15 is 0 Å². The van der Waals surface area contributed by atoms with Gasteiger partial charge in [0.1, 0.15) is 5.02 Å². The highest BCUT2D eigenvalue weighted by atomic mass is 35.5. The summed E-state index contributed by atoms with van der Waals surface area (Å²) in [6, 6.07) is 0. The van der Waals surface area contributed by atoms with Crippen molar-refractivity contribution in [3.05, 3.63) is 21.6 Å². The van der Waals surface area contributed by atoms with E-state index in [1.807, 2.05) is 11.8 Å². The van der Waals surface area contributed by atoms with Crippen LogP contribution in [0.2, 0.25) is 5.02 Å². The number of aromatic nitrogens is 2. The van der Waals surface area contributed by atoms with Crippen LogP contribution < -0.4 is 10.5 Å². The number of rotatable bonds is 3. The molecule has 2 heterocycles. The summed E-state index contributed by atoms with van der Waals surface area (Å²) in [5.41, 5.74) is 0.460. The third-order valence-electron chi connectivity index (χ3n) is 3.15. The summed E-state index contributed by atoms with van der Waals surface area (Å²) < 4.78 is 0. The van der Waals surface area contributed by atoms with Crippen LogP contribution in [-0.2, 0) is 0 Å². The van der Waals surface area contributed by atoms with E-state index < -0.39 is 0 Å². The number of hydrogen-bond acceptors (Lipinski definition) is 4. The van der Waals surface area contributed by atoms with Crippen LogP contribution in [0.25, 0.3) is 0 Å². The Labute approximate surface area is 116 Å². The van der Waals surface area contributed by atoms with E-state index in [1.54, 1.807) is 6.20 Å². The molecular formula is C12H18ClN3OS. The van der Waals surface area contributed by atoms with Gasteiger partial charge in [-0.2, -0.15) is 16.9 Å². The van der Waals surface area contributed by atoms with Crippen LogP contribution >= 0.6 is 23.4 Å². The third-order valence-corrected chi connectivity index (χ3v) is 4.70. The second-order valence-electron chi connectivity index (χ2n) is 4.42. The van der Waals surface area contributed by atoms with E-state index in [-0.39, 0.29) is 10.6 Å².